The molecule has 0 spiro atoms. The van der Waals surface area contributed by atoms with Crippen molar-refractivity contribution in [1.29, 1.82) is 5.26 Å². The van der Waals surface area contributed by atoms with Gasteiger partial charge in [-0.05, 0) is 68.1 Å². The number of aryl methyl sites for hydroxylation is 2. The van der Waals surface area contributed by atoms with E-state index in [1.54, 1.807) is 23.6 Å². The summed E-state index contributed by atoms with van der Waals surface area (Å²) in [7, 11) is 0. The number of pyridine rings is 2. The van der Waals surface area contributed by atoms with Gasteiger partial charge in [0, 0.05) is 16.5 Å². The SMILES string of the molecule is CCc1c2c(nc3ccc(OCN(C(=O)OC(CC)CC#N)c4ccc(C)cc4)cc13)-c1cc3c(c(=O)n1C2)COC(=O)C3(O)CC. The van der Waals surface area contributed by atoms with Gasteiger partial charge in [-0.25, -0.2) is 19.5 Å². The van der Waals surface area contributed by atoms with Gasteiger partial charge in [-0.2, -0.15) is 5.26 Å². The van der Waals surface area contributed by atoms with Crippen LogP contribution in [-0.2, 0) is 39.4 Å². The molecule has 0 aliphatic carbocycles. The maximum Gasteiger partial charge on any atom is 0.417 e. The van der Waals surface area contributed by atoms with E-state index in [0.29, 0.717) is 47.7 Å². The van der Waals surface area contributed by atoms with Crippen LogP contribution in [0.1, 0.15) is 67.9 Å². The highest BCUT2D eigenvalue weighted by atomic mass is 16.6. The Kier molecular flexibility index (Phi) is 8.47. The van der Waals surface area contributed by atoms with Gasteiger partial charge in [0.2, 0.25) is 0 Å². The average molecular weight is 637 g/mol. The maximum atomic E-state index is 13.6. The Hall–Kier alpha value is -5.21. The molecule has 242 valence electrons. The van der Waals surface area contributed by atoms with Crippen molar-refractivity contribution in [3.63, 3.8) is 0 Å². The number of aliphatic hydroxyl groups is 1. The Labute approximate surface area is 271 Å². The predicted octanol–water partition coefficient (Wildman–Crippen LogP) is 5.62. The van der Waals surface area contributed by atoms with Gasteiger partial charge in [0.25, 0.3) is 5.56 Å². The molecule has 2 atom stereocenters. The van der Waals surface area contributed by atoms with Crippen molar-refractivity contribution in [2.45, 2.75) is 78.2 Å². The lowest BCUT2D eigenvalue weighted by Gasteiger charge is -2.31. The summed E-state index contributed by atoms with van der Waals surface area (Å²) >= 11 is 0. The molecule has 2 unspecified atom stereocenters. The quantitative estimate of drug-likeness (QED) is 0.161. The van der Waals surface area contributed by atoms with E-state index in [0.717, 1.165) is 22.1 Å². The molecular formula is C36H36N4O7. The number of amides is 1. The number of anilines is 1. The van der Waals surface area contributed by atoms with Gasteiger partial charge in [-0.1, -0.05) is 38.5 Å². The first-order chi connectivity index (χ1) is 22.6. The number of hydrogen-bond acceptors (Lipinski definition) is 9. The Morgan fingerprint density at radius 1 is 1.15 bits per heavy atom. The highest BCUT2D eigenvalue weighted by Gasteiger charge is 2.45. The van der Waals surface area contributed by atoms with Crippen molar-refractivity contribution in [3.8, 4) is 23.2 Å². The molecule has 47 heavy (non-hydrogen) atoms. The van der Waals surface area contributed by atoms with Crippen molar-refractivity contribution in [2.75, 3.05) is 11.6 Å². The zero-order chi connectivity index (χ0) is 33.5. The summed E-state index contributed by atoms with van der Waals surface area (Å²) in [4.78, 5) is 45.8. The third kappa shape index (κ3) is 5.48. The number of nitrogens with zero attached hydrogens (tertiary/aromatic N) is 4. The molecule has 4 aromatic rings. The first-order valence-corrected chi connectivity index (χ1v) is 15.8. The number of carbonyl (C=O) groups excluding carboxylic acids is 2. The molecule has 0 radical (unpaired) electrons. The van der Waals surface area contributed by atoms with Crippen LogP contribution in [0.3, 0.4) is 0 Å². The topological polar surface area (TPSA) is 144 Å². The molecule has 11 nitrogen and oxygen atoms in total. The minimum Gasteiger partial charge on any atom is -0.473 e. The number of cyclic esters (lactones) is 1. The van der Waals surface area contributed by atoms with Crippen molar-refractivity contribution in [1.82, 2.24) is 9.55 Å². The average Bonchev–Trinajstić information content (AvgIpc) is 3.44. The van der Waals surface area contributed by atoms with E-state index < -0.39 is 23.8 Å². The Morgan fingerprint density at radius 2 is 1.91 bits per heavy atom. The number of hydrogen-bond donors (Lipinski definition) is 1. The van der Waals surface area contributed by atoms with Crippen LogP contribution in [0.15, 0.2) is 53.3 Å². The molecule has 2 aromatic heterocycles. The van der Waals surface area contributed by atoms with Crippen LogP contribution in [0.2, 0.25) is 0 Å². The number of ether oxygens (including phenoxy) is 3. The van der Waals surface area contributed by atoms with Gasteiger partial charge in [-0.15, -0.1) is 0 Å². The van der Waals surface area contributed by atoms with Gasteiger partial charge < -0.3 is 23.9 Å². The van der Waals surface area contributed by atoms with Crippen LogP contribution >= 0.6 is 0 Å². The van der Waals surface area contributed by atoms with Crippen LogP contribution in [-0.4, -0.2) is 39.6 Å². The van der Waals surface area contributed by atoms with E-state index in [4.69, 9.17) is 24.5 Å². The minimum absolute atomic E-state index is 0.0703. The third-order valence-electron chi connectivity index (χ3n) is 9.10. The molecule has 0 saturated heterocycles. The lowest BCUT2D eigenvalue weighted by atomic mass is 9.86. The fraction of sp³-hybridized carbons (Fsp3) is 0.361. The largest absolute Gasteiger partial charge is 0.473 e. The van der Waals surface area contributed by atoms with Crippen LogP contribution in [0, 0.1) is 18.3 Å². The molecule has 11 heteroatoms. The lowest BCUT2D eigenvalue weighted by Crippen LogP contribution is -2.44. The predicted molar refractivity (Wildman–Crippen MR) is 174 cm³/mol. The van der Waals surface area contributed by atoms with E-state index in [1.807, 2.05) is 57.2 Å². The number of fused-ring (bicyclic) bond motifs is 5. The third-order valence-corrected chi connectivity index (χ3v) is 9.10. The first kappa shape index (κ1) is 31.8. The van der Waals surface area contributed by atoms with Crippen molar-refractivity contribution in [3.05, 3.63) is 86.7 Å². The highest BCUT2D eigenvalue weighted by molar-refractivity contribution is 5.90. The molecule has 1 amide bonds. The van der Waals surface area contributed by atoms with Gasteiger partial charge in [0.1, 0.15) is 18.5 Å². The fourth-order valence-electron chi connectivity index (χ4n) is 6.31. The van der Waals surface area contributed by atoms with Crippen LogP contribution < -0.4 is 15.2 Å². The summed E-state index contributed by atoms with van der Waals surface area (Å²) in [6.45, 7) is 7.49. The van der Waals surface area contributed by atoms with Gasteiger partial charge >= 0.3 is 12.1 Å². The molecule has 4 heterocycles. The molecule has 0 fully saturated rings. The van der Waals surface area contributed by atoms with Crippen molar-refractivity contribution < 1.29 is 28.9 Å². The normalized spacial score (nSPS) is 16.8. The number of aromatic nitrogens is 2. The number of carbonyl (C=O) groups is 2. The van der Waals surface area contributed by atoms with Crippen LogP contribution in [0.5, 0.6) is 5.75 Å². The molecule has 2 aromatic carbocycles. The second-order valence-electron chi connectivity index (χ2n) is 11.9. The van der Waals surface area contributed by atoms with E-state index in [-0.39, 0.29) is 42.9 Å². The molecular weight excluding hydrogens is 600 g/mol. The van der Waals surface area contributed by atoms with Crippen LogP contribution in [0.4, 0.5) is 10.5 Å². The smallest absolute Gasteiger partial charge is 0.417 e. The minimum atomic E-state index is -1.90. The molecule has 2 aliphatic rings. The summed E-state index contributed by atoms with van der Waals surface area (Å²) in [6, 6.07) is 16.7. The standard InChI is InChI=1S/C36H36N4O7/c1-5-23(14-15-37)47-35(43)40(22-10-8-21(4)9-11-22)20-46-24-12-13-30-26(16-24)25(6-2)27-18-39-31(32(27)38-30)17-29-28(33(39)41)19-45-34(42)36(29,44)7-3/h8-13,16-17,23,44H,5-7,14,18-20H2,1-4H3. The fourth-order valence-corrected chi connectivity index (χ4v) is 6.31. The van der Waals surface area contributed by atoms with E-state index in [2.05, 4.69) is 6.07 Å². The van der Waals surface area contributed by atoms with E-state index >= 15 is 0 Å². The number of benzene rings is 2. The summed E-state index contributed by atoms with van der Waals surface area (Å²) in [5.41, 5.74) is 3.73. The molecule has 0 saturated carbocycles. The van der Waals surface area contributed by atoms with E-state index in [1.165, 1.54) is 4.90 Å². The van der Waals surface area contributed by atoms with Gasteiger partial charge in [0.05, 0.1) is 47.2 Å². The van der Waals surface area contributed by atoms with Crippen molar-refractivity contribution in [2.24, 2.45) is 0 Å². The summed E-state index contributed by atoms with van der Waals surface area (Å²) in [6.07, 6.45) is 0.170. The zero-order valence-corrected chi connectivity index (χ0v) is 26.8. The highest BCUT2D eigenvalue weighted by Crippen LogP contribution is 2.40. The Balaban J connectivity index is 1.34. The molecule has 1 N–H and O–H groups in total. The number of nitriles is 1. The summed E-state index contributed by atoms with van der Waals surface area (Å²) in [5.74, 6) is -0.250. The van der Waals surface area contributed by atoms with Crippen molar-refractivity contribution >= 4 is 28.7 Å². The molecule has 0 bridgehead atoms. The molecule has 6 rings (SSSR count). The second kappa shape index (κ2) is 12.5. The molecule has 2 aliphatic heterocycles. The summed E-state index contributed by atoms with van der Waals surface area (Å²) in [5, 5.41) is 21.2. The maximum absolute atomic E-state index is 13.6. The zero-order valence-electron chi connectivity index (χ0n) is 26.8. The van der Waals surface area contributed by atoms with E-state index in [9.17, 15) is 19.5 Å². The first-order valence-electron chi connectivity index (χ1n) is 15.8. The number of esters is 1. The number of rotatable bonds is 9. The Bertz CT molecular complexity index is 2000. The van der Waals surface area contributed by atoms with Gasteiger partial charge in [-0.3, -0.25) is 4.79 Å². The summed E-state index contributed by atoms with van der Waals surface area (Å²) < 4.78 is 18.6. The second-order valence-corrected chi connectivity index (χ2v) is 11.9. The monoisotopic (exact) mass is 636 g/mol. The van der Waals surface area contributed by atoms with Gasteiger partial charge in [0.15, 0.2) is 12.3 Å². The van der Waals surface area contributed by atoms with Crippen LogP contribution in [0.25, 0.3) is 22.3 Å². The lowest BCUT2D eigenvalue weighted by molar-refractivity contribution is -0.172. The Morgan fingerprint density at radius 3 is 2.60 bits per heavy atom.